The van der Waals surface area contributed by atoms with Crippen LogP contribution in [0.5, 0.6) is 0 Å². The van der Waals surface area contributed by atoms with Crippen LogP contribution in [0.2, 0.25) is 0 Å². The van der Waals surface area contributed by atoms with Crippen molar-refractivity contribution >= 4 is 12.0 Å². The first kappa shape index (κ1) is 14.4. The van der Waals surface area contributed by atoms with E-state index in [1.54, 1.807) is 0 Å². The summed E-state index contributed by atoms with van der Waals surface area (Å²) in [6, 6.07) is 9.24. The molecular formula is C15H20N2O3. The van der Waals surface area contributed by atoms with Crippen LogP contribution in [0.15, 0.2) is 30.3 Å². The first-order valence-electron chi connectivity index (χ1n) is 6.86. The third-order valence-electron chi connectivity index (χ3n) is 3.83. The molecule has 0 bridgehead atoms. The van der Waals surface area contributed by atoms with E-state index >= 15 is 0 Å². The molecular weight excluding hydrogens is 256 g/mol. The number of hydrogen-bond acceptors (Lipinski definition) is 2. The van der Waals surface area contributed by atoms with E-state index in [0.29, 0.717) is 0 Å². The van der Waals surface area contributed by atoms with Gasteiger partial charge in [0, 0.05) is 0 Å². The van der Waals surface area contributed by atoms with E-state index in [1.165, 1.54) is 0 Å². The summed E-state index contributed by atoms with van der Waals surface area (Å²) < 4.78 is 0. The van der Waals surface area contributed by atoms with Gasteiger partial charge in [0.2, 0.25) is 0 Å². The Morgan fingerprint density at radius 2 is 1.95 bits per heavy atom. The average molecular weight is 276 g/mol. The van der Waals surface area contributed by atoms with Gasteiger partial charge >= 0.3 is 12.0 Å². The quantitative estimate of drug-likeness (QED) is 0.773. The fourth-order valence-corrected chi connectivity index (χ4v) is 2.54. The van der Waals surface area contributed by atoms with E-state index in [9.17, 15) is 9.59 Å². The van der Waals surface area contributed by atoms with Crippen molar-refractivity contribution in [1.29, 1.82) is 0 Å². The van der Waals surface area contributed by atoms with E-state index in [4.69, 9.17) is 5.11 Å². The van der Waals surface area contributed by atoms with Crippen LogP contribution in [-0.4, -0.2) is 22.6 Å². The zero-order valence-corrected chi connectivity index (χ0v) is 11.6. The fraction of sp³-hybridized carbons (Fsp3) is 0.467. The molecule has 1 aromatic carbocycles. The number of amides is 2. The molecule has 0 saturated heterocycles. The van der Waals surface area contributed by atoms with Crippen LogP contribution < -0.4 is 10.6 Å². The molecule has 0 aromatic heterocycles. The number of benzene rings is 1. The minimum Gasteiger partial charge on any atom is -0.481 e. The van der Waals surface area contributed by atoms with Gasteiger partial charge in [0.15, 0.2) is 0 Å². The molecule has 1 aliphatic carbocycles. The Balaban J connectivity index is 1.90. The normalized spacial score (nSPS) is 17.6. The van der Waals surface area contributed by atoms with Gasteiger partial charge in [-0.05, 0) is 31.7 Å². The Morgan fingerprint density at radius 3 is 2.45 bits per heavy atom. The number of carbonyl (C=O) groups is 2. The molecule has 1 unspecified atom stereocenters. The third kappa shape index (κ3) is 3.50. The first-order chi connectivity index (χ1) is 9.51. The van der Waals surface area contributed by atoms with Gasteiger partial charge in [-0.15, -0.1) is 0 Å². The van der Waals surface area contributed by atoms with Crippen molar-refractivity contribution in [3.8, 4) is 0 Å². The van der Waals surface area contributed by atoms with E-state index in [-0.39, 0.29) is 18.5 Å². The van der Waals surface area contributed by atoms with Gasteiger partial charge in [-0.2, -0.15) is 0 Å². The molecule has 108 valence electrons. The Kier molecular flexibility index (Phi) is 4.27. The van der Waals surface area contributed by atoms with Crippen molar-refractivity contribution in [2.75, 3.05) is 0 Å². The molecule has 20 heavy (non-hydrogen) atoms. The van der Waals surface area contributed by atoms with Gasteiger partial charge in [0.1, 0.15) is 0 Å². The molecule has 1 aliphatic rings. The zero-order valence-electron chi connectivity index (χ0n) is 11.6. The molecule has 1 aromatic rings. The minimum atomic E-state index is -0.874. The number of carboxylic acid groups (broad SMARTS) is 1. The monoisotopic (exact) mass is 276 g/mol. The summed E-state index contributed by atoms with van der Waals surface area (Å²) >= 11 is 0. The Morgan fingerprint density at radius 1 is 1.30 bits per heavy atom. The van der Waals surface area contributed by atoms with E-state index < -0.39 is 11.5 Å². The van der Waals surface area contributed by atoms with Crippen molar-refractivity contribution in [2.45, 2.75) is 44.2 Å². The summed E-state index contributed by atoms with van der Waals surface area (Å²) in [6.07, 6.45) is 2.40. The SMILES string of the molecule is CC(NC(=O)NC1(CC(=O)O)CCC1)c1ccccc1. The summed E-state index contributed by atoms with van der Waals surface area (Å²) in [5.41, 5.74) is 0.454. The van der Waals surface area contributed by atoms with Crippen molar-refractivity contribution in [3.63, 3.8) is 0 Å². The van der Waals surface area contributed by atoms with Gasteiger partial charge in [-0.25, -0.2) is 4.79 Å². The third-order valence-corrected chi connectivity index (χ3v) is 3.83. The number of urea groups is 1. The molecule has 0 spiro atoms. The van der Waals surface area contributed by atoms with Crippen LogP contribution in [0.25, 0.3) is 0 Å². The topological polar surface area (TPSA) is 78.4 Å². The van der Waals surface area contributed by atoms with Crippen molar-refractivity contribution < 1.29 is 14.7 Å². The maximum Gasteiger partial charge on any atom is 0.315 e. The minimum absolute atomic E-state index is 0.0138. The van der Waals surface area contributed by atoms with Crippen molar-refractivity contribution in [3.05, 3.63) is 35.9 Å². The van der Waals surface area contributed by atoms with Crippen molar-refractivity contribution in [2.24, 2.45) is 0 Å². The molecule has 2 amide bonds. The Labute approximate surface area is 118 Å². The average Bonchev–Trinajstić information content (AvgIpc) is 2.36. The second-order valence-corrected chi connectivity index (χ2v) is 5.44. The molecule has 0 radical (unpaired) electrons. The summed E-state index contributed by atoms with van der Waals surface area (Å²) in [5.74, 6) is -0.874. The van der Waals surface area contributed by atoms with Gasteiger partial charge in [0.05, 0.1) is 18.0 Å². The second kappa shape index (κ2) is 5.94. The summed E-state index contributed by atoms with van der Waals surface area (Å²) in [6.45, 7) is 1.90. The second-order valence-electron chi connectivity index (χ2n) is 5.44. The Hall–Kier alpha value is -2.04. The van der Waals surface area contributed by atoms with Crippen LogP contribution >= 0.6 is 0 Å². The van der Waals surface area contributed by atoms with Gasteiger partial charge < -0.3 is 15.7 Å². The molecule has 1 atom stereocenters. The lowest BCUT2D eigenvalue weighted by Crippen LogP contribution is -2.57. The van der Waals surface area contributed by atoms with E-state index in [1.807, 2.05) is 37.3 Å². The number of rotatable bonds is 5. The molecule has 1 fully saturated rings. The zero-order chi connectivity index (χ0) is 14.6. The number of carboxylic acids is 1. The molecule has 0 heterocycles. The standard InChI is InChI=1S/C15H20N2O3/c1-11(12-6-3-2-4-7-12)16-14(20)17-15(8-5-9-15)10-13(18)19/h2-4,6-7,11H,5,8-10H2,1H3,(H,18,19)(H2,16,17,20). The van der Waals surface area contributed by atoms with Crippen LogP contribution in [-0.2, 0) is 4.79 Å². The highest BCUT2D eigenvalue weighted by atomic mass is 16.4. The molecule has 0 aliphatic heterocycles. The van der Waals surface area contributed by atoms with Gasteiger partial charge in [0.25, 0.3) is 0 Å². The largest absolute Gasteiger partial charge is 0.481 e. The number of nitrogens with one attached hydrogen (secondary N) is 2. The maximum atomic E-state index is 12.0. The highest BCUT2D eigenvalue weighted by Gasteiger charge is 2.40. The van der Waals surface area contributed by atoms with E-state index in [0.717, 1.165) is 24.8 Å². The van der Waals surface area contributed by atoms with Crippen LogP contribution in [0, 0.1) is 0 Å². The van der Waals surface area contributed by atoms with Crippen molar-refractivity contribution in [1.82, 2.24) is 10.6 Å². The molecule has 3 N–H and O–H groups in total. The maximum absolute atomic E-state index is 12.0. The summed E-state index contributed by atoms with van der Waals surface area (Å²) in [5, 5.41) is 14.6. The van der Waals surface area contributed by atoms with Gasteiger partial charge in [-0.3, -0.25) is 4.79 Å². The molecule has 1 saturated carbocycles. The smallest absolute Gasteiger partial charge is 0.315 e. The lowest BCUT2D eigenvalue weighted by molar-refractivity contribution is -0.139. The highest BCUT2D eigenvalue weighted by Crippen LogP contribution is 2.34. The highest BCUT2D eigenvalue weighted by molar-refractivity contribution is 5.77. The lowest BCUT2D eigenvalue weighted by Gasteiger charge is -2.41. The lowest BCUT2D eigenvalue weighted by atomic mass is 9.74. The Bertz CT molecular complexity index is 483. The molecule has 5 heteroatoms. The summed E-state index contributed by atoms with van der Waals surface area (Å²) in [7, 11) is 0. The van der Waals surface area contributed by atoms with Crippen LogP contribution in [0.3, 0.4) is 0 Å². The fourth-order valence-electron chi connectivity index (χ4n) is 2.54. The molecule has 5 nitrogen and oxygen atoms in total. The number of aliphatic carboxylic acids is 1. The molecule has 2 rings (SSSR count). The predicted octanol–water partition coefficient (Wildman–Crippen LogP) is 2.44. The van der Waals surface area contributed by atoms with Crippen LogP contribution in [0.4, 0.5) is 4.79 Å². The van der Waals surface area contributed by atoms with Crippen LogP contribution in [0.1, 0.15) is 44.2 Å². The summed E-state index contributed by atoms with van der Waals surface area (Å²) in [4.78, 5) is 22.9. The van der Waals surface area contributed by atoms with E-state index in [2.05, 4.69) is 10.6 Å². The number of carbonyl (C=O) groups excluding carboxylic acids is 1. The van der Waals surface area contributed by atoms with Gasteiger partial charge in [-0.1, -0.05) is 30.3 Å². The first-order valence-corrected chi connectivity index (χ1v) is 6.86. The predicted molar refractivity (Wildman–Crippen MR) is 75.4 cm³/mol. The number of hydrogen-bond donors (Lipinski definition) is 3.